The summed E-state index contributed by atoms with van der Waals surface area (Å²) in [5.74, 6) is 1.20. The first-order valence-electron chi connectivity index (χ1n) is 7.93. The maximum absolute atomic E-state index is 12.1. The van der Waals surface area contributed by atoms with E-state index in [1.165, 1.54) is 12.8 Å². The topological polar surface area (TPSA) is 72.9 Å². The first kappa shape index (κ1) is 19.0. The fourth-order valence-corrected chi connectivity index (χ4v) is 2.66. The molecule has 1 aromatic heterocycles. The van der Waals surface area contributed by atoms with Crippen LogP contribution in [0.2, 0.25) is 0 Å². The number of rotatable bonds is 7. The number of aryl methyl sites for hydroxylation is 1. The summed E-state index contributed by atoms with van der Waals surface area (Å²) < 4.78 is 2.01. The van der Waals surface area contributed by atoms with E-state index in [1.807, 2.05) is 18.5 Å². The van der Waals surface area contributed by atoms with Gasteiger partial charge in [-0.2, -0.15) is 5.10 Å². The zero-order chi connectivity index (χ0) is 15.6. The van der Waals surface area contributed by atoms with Gasteiger partial charge in [0.15, 0.2) is 0 Å². The number of halogens is 1. The molecule has 2 rings (SSSR count). The molecule has 6 heteroatoms. The molecule has 0 bridgehead atoms. The average Bonchev–Trinajstić information content (AvgIpc) is 3.20. The maximum Gasteiger partial charge on any atom is 0.224 e. The van der Waals surface area contributed by atoms with Crippen LogP contribution in [-0.2, 0) is 17.8 Å². The minimum absolute atomic E-state index is 0. The molecule has 1 atom stereocenters. The number of amides is 1. The molecule has 3 N–H and O–H groups in total. The smallest absolute Gasteiger partial charge is 0.224 e. The Hall–Kier alpha value is -1.07. The number of hydrogen-bond donors (Lipinski definition) is 2. The Balaban J connectivity index is 0.00000242. The average molecular weight is 329 g/mol. The van der Waals surface area contributed by atoms with Gasteiger partial charge in [0.25, 0.3) is 0 Å². The summed E-state index contributed by atoms with van der Waals surface area (Å²) in [4.78, 5) is 12.1. The minimum atomic E-state index is 0. The third-order valence-electron chi connectivity index (χ3n) is 4.17. The molecule has 0 spiro atoms. The number of carbonyl (C=O) groups is 1. The van der Waals surface area contributed by atoms with Crippen LogP contribution in [0.1, 0.15) is 43.6 Å². The number of hydrogen-bond acceptors (Lipinski definition) is 3. The third-order valence-corrected chi connectivity index (χ3v) is 4.17. The van der Waals surface area contributed by atoms with Gasteiger partial charge in [0.05, 0.1) is 12.1 Å². The molecular weight excluding hydrogens is 300 g/mol. The van der Waals surface area contributed by atoms with E-state index >= 15 is 0 Å². The molecule has 1 unspecified atom stereocenters. The molecule has 1 amide bonds. The highest BCUT2D eigenvalue weighted by Gasteiger charge is 2.28. The molecule has 1 aliphatic rings. The maximum atomic E-state index is 12.1. The lowest BCUT2D eigenvalue weighted by molar-refractivity contribution is -0.120. The number of nitrogens with one attached hydrogen (secondary N) is 1. The Labute approximate surface area is 139 Å². The zero-order valence-corrected chi connectivity index (χ0v) is 14.9. The fourth-order valence-electron chi connectivity index (χ4n) is 2.66. The molecule has 0 radical (unpaired) electrons. The molecule has 0 saturated heterocycles. The van der Waals surface area contributed by atoms with Crippen LogP contribution >= 0.6 is 12.4 Å². The predicted octanol–water partition coefficient (Wildman–Crippen LogP) is 1.97. The van der Waals surface area contributed by atoms with Gasteiger partial charge in [-0.25, -0.2) is 0 Å². The Morgan fingerprint density at radius 3 is 2.59 bits per heavy atom. The summed E-state index contributed by atoms with van der Waals surface area (Å²) >= 11 is 0. The van der Waals surface area contributed by atoms with Crippen LogP contribution in [0.4, 0.5) is 0 Å². The normalized spacial score (nSPS) is 15.5. The molecule has 126 valence electrons. The Morgan fingerprint density at radius 1 is 1.41 bits per heavy atom. The Kier molecular flexibility index (Phi) is 6.88. The van der Waals surface area contributed by atoms with Crippen LogP contribution in [-0.4, -0.2) is 28.3 Å². The molecule has 1 fully saturated rings. The molecule has 1 aliphatic carbocycles. The van der Waals surface area contributed by atoms with Crippen LogP contribution in [0.25, 0.3) is 0 Å². The van der Waals surface area contributed by atoms with E-state index in [4.69, 9.17) is 5.73 Å². The van der Waals surface area contributed by atoms with Gasteiger partial charge in [0, 0.05) is 30.4 Å². The standard InChI is InChI=1S/C16H28N4O.ClH/c1-10(2)9-20-12(4)14(11(3)19-20)7-16(21)18-8-15(17)13-5-6-13;/h10,13,15H,5-9,17H2,1-4H3,(H,18,21);1H. The van der Waals surface area contributed by atoms with Gasteiger partial charge in [0.2, 0.25) is 5.91 Å². The van der Waals surface area contributed by atoms with Crippen LogP contribution < -0.4 is 11.1 Å². The van der Waals surface area contributed by atoms with Crippen molar-refractivity contribution in [2.24, 2.45) is 17.6 Å². The SMILES string of the molecule is Cc1nn(CC(C)C)c(C)c1CC(=O)NCC(N)C1CC1.Cl. The van der Waals surface area contributed by atoms with Crippen LogP contribution in [0.3, 0.4) is 0 Å². The molecule has 0 aromatic carbocycles. The fraction of sp³-hybridized carbons (Fsp3) is 0.750. The van der Waals surface area contributed by atoms with Crippen LogP contribution in [0, 0.1) is 25.7 Å². The van der Waals surface area contributed by atoms with E-state index in [0.29, 0.717) is 24.8 Å². The Morgan fingerprint density at radius 2 is 2.05 bits per heavy atom. The van der Waals surface area contributed by atoms with E-state index in [-0.39, 0.29) is 24.4 Å². The third kappa shape index (κ3) is 4.99. The van der Waals surface area contributed by atoms with E-state index < -0.39 is 0 Å². The first-order chi connectivity index (χ1) is 9.88. The van der Waals surface area contributed by atoms with Gasteiger partial charge in [-0.1, -0.05) is 13.8 Å². The highest BCUT2D eigenvalue weighted by molar-refractivity contribution is 5.85. The predicted molar refractivity (Wildman–Crippen MR) is 91.2 cm³/mol. The van der Waals surface area contributed by atoms with Gasteiger partial charge in [0.1, 0.15) is 0 Å². The van der Waals surface area contributed by atoms with Crippen molar-refractivity contribution in [2.75, 3.05) is 6.54 Å². The highest BCUT2D eigenvalue weighted by atomic mass is 35.5. The number of carbonyl (C=O) groups excluding carboxylic acids is 1. The van der Waals surface area contributed by atoms with Crippen molar-refractivity contribution in [3.8, 4) is 0 Å². The van der Waals surface area contributed by atoms with E-state index in [1.54, 1.807) is 0 Å². The molecule has 22 heavy (non-hydrogen) atoms. The lowest BCUT2D eigenvalue weighted by atomic mass is 10.1. The molecular formula is C16H29ClN4O. The van der Waals surface area contributed by atoms with Crippen LogP contribution in [0.15, 0.2) is 0 Å². The lowest BCUT2D eigenvalue weighted by Gasteiger charge is -2.12. The summed E-state index contributed by atoms with van der Waals surface area (Å²) in [5, 5.41) is 7.50. The van der Waals surface area contributed by atoms with Crippen molar-refractivity contribution >= 4 is 18.3 Å². The summed E-state index contributed by atoms with van der Waals surface area (Å²) in [6.45, 7) is 9.83. The second-order valence-corrected chi connectivity index (χ2v) is 6.71. The van der Waals surface area contributed by atoms with Crippen molar-refractivity contribution < 1.29 is 4.79 Å². The first-order valence-corrected chi connectivity index (χ1v) is 7.93. The Bertz CT molecular complexity index is 508. The monoisotopic (exact) mass is 328 g/mol. The van der Waals surface area contributed by atoms with E-state index in [2.05, 4.69) is 24.3 Å². The number of nitrogens with two attached hydrogens (primary N) is 1. The molecule has 1 saturated carbocycles. The number of aromatic nitrogens is 2. The second kappa shape index (κ2) is 7.97. The second-order valence-electron chi connectivity index (χ2n) is 6.71. The van der Waals surface area contributed by atoms with Crippen molar-refractivity contribution in [1.82, 2.24) is 15.1 Å². The summed E-state index contributed by atoms with van der Waals surface area (Å²) in [6, 6.07) is 0.111. The van der Waals surface area contributed by atoms with Crippen molar-refractivity contribution in [3.63, 3.8) is 0 Å². The van der Waals surface area contributed by atoms with Gasteiger partial charge in [-0.3, -0.25) is 9.48 Å². The molecule has 1 heterocycles. The molecule has 5 nitrogen and oxygen atoms in total. The minimum Gasteiger partial charge on any atom is -0.354 e. The number of nitrogens with zero attached hydrogens (tertiary/aromatic N) is 2. The van der Waals surface area contributed by atoms with Gasteiger partial charge < -0.3 is 11.1 Å². The van der Waals surface area contributed by atoms with Gasteiger partial charge in [-0.15, -0.1) is 12.4 Å². The van der Waals surface area contributed by atoms with Gasteiger partial charge >= 0.3 is 0 Å². The molecule has 0 aliphatic heterocycles. The van der Waals surface area contributed by atoms with Crippen molar-refractivity contribution in [2.45, 2.75) is 59.5 Å². The van der Waals surface area contributed by atoms with Crippen molar-refractivity contribution in [3.05, 3.63) is 17.0 Å². The molecule has 1 aromatic rings. The summed E-state index contributed by atoms with van der Waals surface area (Å²) in [6.07, 6.45) is 2.81. The zero-order valence-electron chi connectivity index (χ0n) is 14.1. The summed E-state index contributed by atoms with van der Waals surface area (Å²) in [7, 11) is 0. The van der Waals surface area contributed by atoms with E-state index in [0.717, 1.165) is 23.5 Å². The quantitative estimate of drug-likeness (QED) is 0.803. The van der Waals surface area contributed by atoms with Crippen molar-refractivity contribution in [1.29, 1.82) is 0 Å². The van der Waals surface area contributed by atoms with Gasteiger partial charge in [-0.05, 0) is 38.5 Å². The lowest BCUT2D eigenvalue weighted by Crippen LogP contribution is -2.39. The summed E-state index contributed by atoms with van der Waals surface area (Å²) in [5.41, 5.74) is 9.11. The largest absolute Gasteiger partial charge is 0.354 e. The highest BCUT2D eigenvalue weighted by Crippen LogP contribution is 2.31. The van der Waals surface area contributed by atoms with Crippen LogP contribution in [0.5, 0.6) is 0 Å². The van der Waals surface area contributed by atoms with E-state index in [9.17, 15) is 4.79 Å².